The molecule has 0 saturated carbocycles. The van der Waals surface area contributed by atoms with Crippen molar-refractivity contribution in [2.45, 2.75) is 19.9 Å². The number of benzene rings is 1. The summed E-state index contributed by atoms with van der Waals surface area (Å²) in [5.41, 5.74) is 3.04. The molecule has 21 heavy (non-hydrogen) atoms. The van der Waals surface area contributed by atoms with Gasteiger partial charge in [-0.2, -0.15) is 0 Å². The van der Waals surface area contributed by atoms with E-state index in [0.717, 1.165) is 12.1 Å². The predicted molar refractivity (Wildman–Crippen MR) is 84.2 cm³/mol. The van der Waals surface area contributed by atoms with Crippen molar-refractivity contribution in [3.05, 3.63) is 65.5 Å². The molecule has 1 unspecified atom stereocenters. The van der Waals surface area contributed by atoms with E-state index in [-0.39, 0.29) is 11.9 Å². The first-order chi connectivity index (χ1) is 10.2. The van der Waals surface area contributed by atoms with E-state index in [9.17, 15) is 4.79 Å². The average Bonchev–Trinajstić information content (AvgIpc) is 2.52. The van der Waals surface area contributed by atoms with Crippen molar-refractivity contribution in [1.82, 2.24) is 15.6 Å². The van der Waals surface area contributed by atoms with Gasteiger partial charge in [-0.3, -0.25) is 9.78 Å². The number of aromatic nitrogens is 1. The number of aryl methyl sites for hydroxylation is 1. The summed E-state index contributed by atoms with van der Waals surface area (Å²) in [4.78, 5) is 15.9. The van der Waals surface area contributed by atoms with Gasteiger partial charge in [-0.25, -0.2) is 0 Å². The third-order valence-corrected chi connectivity index (χ3v) is 3.38. The third-order valence-electron chi connectivity index (χ3n) is 3.38. The van der Waals surface area contributed by atoms with Crippen LogP contribution in [0.5, 0.6) is 0 Å². The van der Waals surface area contributed by atoms with Gasteiger partial charge in [0.15, 0.2) is 0 Å². The predicted octanol–water partition coefficient (Wildman–Crippen LogP) is 2.47. The molecule has 1 amide bonds. The number of hydrogen-bond donors (Lipinski definition) is 2. The summed E-state index contributed by atoms with van der Waals surface area (Å²) < 4.78 is 0. The summed E-state index contributed by atoms with van der Waals surface area (Å²) in [6, 6.07) is 11.8. The molecule has 1 heterocycles. The van der Waals surface area contributed by atoms with Crippen LogP contribution in [0.1, 0.15) is 34.5 Å². The summed E-state index contributed by atoms with van der Waals surface area (Å²) in [6.07, 6.45) is 3.57. The summed E-state index contributed by atoms with van der Waals surface area (Å²) >= 11 is 0. The van der Waals surface area contributed by atoms with Crippen LogP contribution in [0, 0.1) is 6.92 Å². The molecule has 2 aromatic rings. The number of carbonyl (C=O) groups excluding carboxylic acids is 1. The Hall–Kier alpha value is -2.20. The maximum absolute atomic E-state index is 11.9. The van der Waals surface area contributed by atoms with Crippen LogP contribution < -0.4 is 10.6 Å². The fraction of sp³-hybridized carbons (Fsp3) is 0.294. The van der Waals surface area contributed by atoms with E-state index < -0.39 is 0 Å². The molecule has 0 saturated heterocycles. The Morgan fingerprint density at radius 3 is 2.43 bits per heavy atom. The van der Waals surface area contributed by atoms with Gasteiger partial charge in [-0.05, 0) is 43.7 Å². The van der Waals surface area contributed by atoms with Gasteiger partial charge in [0, 0.05) is 37.1 Å². The van der Waals surface area contributed by atoms with Gasteiger partial charge in [-0.1, -0.05) is 17.7 Å². The van der Waals surface area contributed by atoms with Gasteiger partial charge >= 0.3 is 0 Å². The van der Waals surface area contributed by atoms with Gasteiger partial charge in [0.05, 0.1) is 0 Å². The molecule has 0 spiro atoms. The molecule has 1 aromatic heterocycles. The molecule has 0 radical (unpaired) electrons. The SMILES string of the molecule is Cc1ccc(C(=O)NCCNC(C)c2ccncc2)cc1. The van der Waals surface area contributed by atoms with Gasteiger partial charge in [0.25, 0.3) is 5.91 Å². The van der Waals surface area contributed by atoms with Crippen LogP contribution in [0.3, 0.4) is 0 Å². The van der Waals surface area contributed by atoms with Crippen molar-refractivity contribution in [1.29, 1.82) is 0 Å². The Balaban J connectivity index is 1.72. The fourth-order valence-corrected chi connectivity index (χ4v) is 2.04. The monoisotopic (exact) mass is 283 g/mol. The first kappa shape index (κ1) is 15.2. The quantitative estimate of drug-likeness (QED) is 0.801. The lowest BCUT2D eigenvalue weighted by Gasteiger charge is -2.14. The smallest absolute Gasteiger partial charge is 0.251 e. The second-order valence-electron chi connectivity index (χ2n) is 5.08. The highest BCUT2D eigenvalue weighted by Crippen LogP contribution is 2.09. The maximum atomic E-state index is 11.9. The van der Waals surface area contributed by atoms with Crippen LogP contribution in [-0.2, 0) is 0 Å². The van der Waals surface area contributed by atoms with E-state index in [1.54, 1.807) is 12.4 Å². The maximum Gasteiger partial charge on any atom is 0.251 e. The fourth-order valence-electron chi connectivity index (χ4n) is 2.04. The van der Waals surface area contributed by atoms with E-state index in [0.29, 0.717) is 12.1 Å². The standard InChI is InChI=1S/C17H21N3O/c1-13-3-5-16(6-4-13)17(21)20-12-11-19-14(2)15-7-9-18-10-8-15/h3-10,14,19H,11-12H2,1-2H3,(H,20,21). The van der Waals surface area contributed by atoms with Crippen LogP contribution in [0.25, 0.3) is 0 Å². The highest BCUT2D eigenvalue weighted by atomic mass is 16.1. The minimum absolute atomic E-state index is 0.0339. The lowest BCUT2D eigenvalue weighted by molar-refractivity contribution is 0.0953. The molecular weight excluding hydrogens is 262 g/mol. The zero-order chi connectivity index (χ0) is 15.1. The molecule has 0 aliphatic heterocycles. The van der Waals surface area contributed by atoms with Gasteiger partial charge in [0.2, 0.25) is 0 Å². The van der Waals surface area contributed by atoms with E-state index in [4.69, 9.17) is 0 Å². The second kappa shape index (κ2) is 7.55. The zero-order valence-corrected chi connectivity index (χ0v) is 12.5. The first-order valence-electron chi connectivity index (χ1n) is 7.15. The van der Waals surface area contributed by atoms with E-state index in [2.05, 4.69) is 22.5 Å². The Bertz CT molecular complexity index is 566. The number of amides is 1. The number of nitrogens with one attached hydrogen (secondary N) is 2. The molecule has 4 heteroatoms. The lowest BCUT2D eigenvalue weighted by Crippen LogP contribution is -2.32. The van der Waals surface area contributed by atoms with Crippen molar-refractivity contribution in [3.8, 4) is 0 Å². The molecule has 0 bridgehead atoms. The summed E-state index contributed by atoms with van der Waals surface area (Å²) in [7, 11) is 0. The summed E-state index contributed by atoms with van der Waals surface area (Å²) in [5.74, 6) is -0.0339. The summed E-state index contributed by atoms with van der Waals surface area (Å²) in [6.45, 7) is 5.42. The number of hydrogen-bond acceptors (Lipinski definition) is 3. The van der Waals surface area contributed by atoms with Crippen LogP contribution in [0.4, 0.5) is 0 Å². The van der Waals surface area contributed by atoms with Crippen LogP contribution >= 0.6 is 0 Å². The third kappa shape index (κ3) is 4.68. The van der Waals surface area contributed by atoms with Gasteiger partial charge in [-0.15, -0.1) is 0 Å². The van der Waals surface area contributed by atoms with E-state index in [1.165, 1.54) is 5.56 Å². The largest absolute Gasteiger partial charge is 0.351 e. The molecule has 1 atom stereocenters. The van der Waals surface area contributed by atoms with Gasteiger partial charge in [0.1, 0.15) is 0 Å². The Kier molecular flexibility index (Phi) is 5.46. The van der Waals surface area contributed by atoms with Gasteiger partial charge < -0.3 is 10.6 Å². The number of pyridine rings is 1. The lowest BCUT2D eigenvalue weighted by atomic mass is 10.1. The topological polar surface area (TPSA) is 54.0 Å². The van der Waals surface area contributed by atoms with E-state index in [1.807, 2.05) is 43.3 Å². The van der Waals surface area contributed by atoms with Crippen molar-refractivity contribution in [3.63, 3.8) is 0 Å². The van der Waals surface area contributed by atoms with Crippen molar-refractivity contribution >= 4 is 5.91 Å². The number of carbonyl (C=O) groups is 1. The molecule has 1 aromatic carbocycles. The number of nitrogens with zero attached hydrogens (tertiary/aromatic N) is 1. The van der Waals surface area contributed by atoms with Crippen LogP contribution in [0.2, 0.25) is 0 Å². The Morgan fingerprint density at radius 2 is 1.76 bits per heavy atom. The molecule has 0 fully saturated rings. The Labute approximate surface area is 125 Å². The highest BCUT2D eigenvalue weighted by Gasteiger charge is 2.06. The molecule has 2 rings (SSSR count). The first-order valence-corrected chi connectivity index (χ1v) is 7.15. The van der Waals surface area contributed by atoms with Crippen molar-refractivity contribution in [2.24, 2.45) is 0 Å². The van der Waals surface area contributed by atoms with Crippen molar-refractivity contribution < 1.29 is 4.79 Å². The number of rotatable bonds is 6. The minimum atomic E-state index is -0.0339. The zero-order valence-electron chi connectivity index (χ0n) is 12.5. The molecule has 2 N–H and O–H groups in total. The highest BCUT2D eigenvalue weighted by molar-refractivity contribution is 5.94. The molecule has 110 valence electrons. The summed E-state index contributed by atoms with van der Waals surface area (Å²) in [5, 5.41) is 6.28. The van der Waals surface area contributed by atoms with E-state index >= 15 is 0 Å². The average molecular weight is 283 g/mol. The molecule has 4 nitrogen and oxygen atoms in total. The molecule has 0 aliphatic rings. The van der Waals surface area contributed by atoms with Crippen LogP contribution in [-0.4, -0.2) is 24.0 Å². The molecule has 0 aliphatic carbocycles. The molecular formula is C17H21N3O. The second-order valence-corrected chi connectivity index (χ2v) is 5.08. The minimum Gasteiger partial charge on any atom is -0.351 e. The normalized spacial score (nSPS) is 11.9. The van der Waals surface area contributed by atoms with Crippen LogP contribution in [0.15, 0.2) is 48.8 Å². The Morgan fingerprint density at radius 1 is 1.10 bits per heavy atom. The van der Waals surface area contributed by atoms with Crippen molar-refractivity contribution in [2.75, 3.05) is 13.1 Å².